The molecule has 1 unspecified atom stereocenters. The van der Waals surface area contributed by atoms with E-state index in [0.29, 0.717) is 0 Å². The fraction of sp³-hybridized carbons (Fsp3) is 0.533. The predicted octanol–water partition coefficient (Wildman–Crippen LogP) is 2.77. The van der Waals surface area contributed by atoms with Gasteiger partial charge in [0.1, 0.15) is 11.6 Å². The molecule has 2 rings (SSSR count). The molecule has 0 aliphatic heterocycles. The van der Waals surface area contributed by atoms with Gasteiger partial charge in [0.25, 0.3) is 0 Å². The van der Waals surface area contributed by atoms with E-state index in [1.54, 1.807) is 12.1 Å². The molecular formula is C15H20FNO2S. The molecular weight excluding hydrogens is 277 g/mol. The molecule has 1 fully saturated rings. The highest BCUT2D eigenvalue weighted by Crippen LogP contribution is 2.17. The molecule has 0 radical (unpaired) electrons. The summed E-state index contributed by atoms with van der Waals surface area (Å²) in [5, 5.41) is 2.92. The van der Waals surface area contributed by atoms with E-state index in [2.05, 4.69) is 5.32 Å². The Hall–Kier alpha value is -1.23. The molecule has 0 spiro atoms. The van der Waals surface area contributed by atoms with E-state index in [9.17, 15) is 13.4 Å². The summed E-state index contributed by atoms with van der Waals surface area (Å²) >= 11 is 0. The minimum atomic E-state index is -1.62. The van der Waals surface area contributed by atoms with Crippen molar-refractivity contribution in [3.05, 3.63) is 30.1 Å². The minimum Gasteiger partial charge on any atom is -0.353 e. The summed E-state index contributed by atoms with van der Waals surface area (Å²) in [6.07, 6.45) is 6.65. The zero-order chi connectivity index (χ0) is 14.4. The van der Waals surface area contributed by atoms with Crippen molar-refractivity contribution in [2.75, 3.05) is 5.75 Å². The third-order valence-corrected chi connectivity index (χ3v) is 4.91. The van der Waals surface area contributed by atoms with Crippen LogP contribution in [0.1, 0.15) is 38.5 Å². The Balaban J connectivity index is 1.87. The first kappa shape index (κ1) is 15.2. The van der Waals surface area contributed by atoms with Crippen molar-refractivity contribution in [3.8, 4) is 0 Å². The summed E-state index contributed by atoms with van der Waals surface area (Å²) in [7, 11) is -1.62. The highest BCUT2D eigenvalue weighted by Gasteiger charge is 2.18. The van der Waals surface area contributed by atoms with Crippen molar-refractivity contribution in [2.45, 2.75) is 49.5 Å². The van der Waals surface area contributed by atoms with Crippen LogP contribution >= 0.6 is 0 Å². The minimum absolute atomic E-state index is 0.100. The van der Waals surface area contributed by atoms with Crippen molar-refractivity contribution in [1.82, 2.24) is 5.32 Å². The number of rotatable bonds is 4. The summed E-state index contributed by atoms with van der Waals surface area (Å²) in [6, 6.07) is 6.07. The van der Waals surface area contributed by atoms with E-state index in [1.165, 1.54) is 25.0 Å². The number of halogens is 1. The van der Waals surface area contributed by atoms with Crippen LogP contribution < -0.4 is 5.32 Å². The van der Waals surface area contributed by atoms with E-state index in [1.807, 2.05) is 0 Å². The maximum absolute atomic E-state index is 13.5. The normalized spacial score (nSPS) is 18.2. The zero-order valence-corrected chi connectivity index (χ0v) is 12.3. The number of carbonyl (C=O) groups excluding carboxylic acids is 1. The van der Waals surface area contributed by atoms with Gasteiger partial charge in [-0.3, -0.25) is 9.00 Å². The van der Waals surface area contributed by atoms with Gasteiger partial charge in [-0.15, -0.1) is 0 Å². The maximum Gasteiger partial charge on any atom is 0.233 e. The smallest absolute Gasteiger partial charge is 0.233 e. The summed E-state index contributed by atoms with van der Waals surface area (Å²) in [5.74, 6) is -0.941. The quantitative estimate of drug-likeness (QED) is 0.869. The Morgan fingerprint density at radius 1 is 1.20 bits per heavy atom. The number of hydrogen-bond donors (Lipinski definition) is 1. The Morgan fingerprint density at radius 3 is 2.50 bits per heavy atom. The highest BCUT2D eigenvalue weighted by atomic mass is 32.2. The van der Waals surface area contributed by atoms with Gasteiger partial charge in [0.15, 0.2) is 0 Å². The first-order chi connectivity index (χ1) is 9.66. The van der Waals surface area contributed by atoms with Crippen LogP contribution in [-0.2, 0) is 15.6 Å². The number of hydrogen-bond acceptors (Lipinski definition) is 2. The predicted molar refractivity (Wildman–Crippen MR) is 77.3 cm³/mol. The number of nitrogens with one attached hydrogen (secondary N) is 1. The molecule has 1 aliphatic carbocycles. The molecule has 20 heavy (non-hydrogen) atoms. The Labute approximate surface area is 121 Å². The van der Waals surface area contributed by atoms with Gasteiger partial charge in [-0.05, 0) is 25.0 Å². The third-order valence-electron chi connectivity index (χ3n) is 3.56. The molecule has 3 nitrogen and oxygen atoms in total. The first-order valence-corrected chi connectivity index (χ1v) is 8.41. The molecule has 1 saturated carbocycles. The monoisotopic (exact) mass is 297 g/mol. The van der Waals surface area contributed by atoms with Gasteiger partial charge in [-0.1, -0.05) is 37.8 Å². The molecule has 1 atom stereocenters. The lowest BCUT2D eigenvalue weighted by Gasteiger charge is -2.16. The summed E-state index contributed by atoms with van der Waals surface area (Å²) in [6.45, 7) is 0. The van der Waals surface area contributed by atoms with Crippen LogP contribution in [0.25, 0.3) is 0 Å². The zero-order valence-electron chi connectivity index (χ0n) is 11.4. The van der Waals surface area contributed by atoms with E-state index >= 15 is 0 Å². The number of amides is 1. The van der Waals surface area contributed by atoms with E-state index in [-0.39, 0.29) is 22.6 Å². The SMILES string of the molecule is O=C(CS(=O)c1ccccc1F)NC1CCCCCC1. The molecule has 5 heteroatoms. The van der Waals surface area contributed by atoms with Gasteiger partial charge in [0.2, 0.25) is 5.91 Å². The van der Waals surface area contributed by atoms with Crippen LogP contribution in [0, 0.1) is 5.82 Å². The lowest BCUT2D eigenvalue weighted by atomic mass is 10.1. The molecule has 0 bridgehead atoms. The first-order valence-electron chi connectivity index (χ1n) is 7.09. The molecule has 1 N–H and O–H groups in total. The average molecular weight is 297 g/mol. The van der Waals surface area contributed by atoms with Crippen LogP contribution in [0.2, 0.25) is 0 Å². The second kappa shape index (κ2) is 7.53. The lowest BCUT2D eigenvalue weighted by Crippen LogP contribution is -2.37. The van der Waals surface area contributed by atoms with Crippen molar-refractivity contribution in [1.29, 1.82) is 0 Å². The average Bonchev–Trinajstić information content (AvgIpc) is 2.67. The van der Waals surface area contributed by atoms with Crippen LogP contribution in [0.4, 0.5) is 4.39 Å². The van der Waals surface area contributed by atoms with Crippen molar-refractivity contribution >= 4 is 16.7 Å². The number of carbonyl (C=O) groups is 1. The molecule has 0 heterocycles. The second-order valence-corrected chi connectivity index (χ2v) is 6.60. The van der Waals surface area contributed by atoms with Crippen LogP contribution in [0.5, 0.6) is 0 Å². The van der Waals surface area contributed by atoms with Gasteiger partial charge in [0, 0.05) is 6.04 Å². The molecule has 0 aromatic heterocycles. The third kappa shape index (κ3) is 4.40. The fourth-order valence-electron chi connectivity index (χ4n) is 2.52. The molecule has 110 valence electrons. The second-order valence-electron chi connectivity index (χ2n) is 5.18. The lowest BCUT2D eigenvalue weighted by molar-refractivity contribution is -0.119. The van der Waals surface area contributed by atoms with Gasteiger partial charge < -0.3 is 5.32 Å². The fourth-order valence-corrected chi connectivity index (χ4v) is 3.51. The summed E-state index contributed by atoms with van der Waals surface area (Å²) < 4.78 is 25.5. The molecule has 1 amide bonds. The van der Waals surface area contributed by atoms with Gasteiger partial charge in [-0.25, -0.2) is 4.39 Å². The molecule has 1 aliphatic rings. The van der Waals surface area contributed by atoms with Crippen LogP contribution in [0.15, 0.2) is 29.2 Å². The van der Waals surface area contributed by atoms with Crippen molar-refractivity contribution in [3.63, 3.8) is 0 Å². The highest BCUT2D eigenvalue weighted by molar-refractivity contribution is 7.85. The standard InChI is InChI=1S/C15H20FNO2S/c16-13-9-5-6-10-14(13)20(19)11-15(18)17-12-7-3-1-2-4-8-12/h5-6,9-10,12H,1-4,7-8,11H2,(H,17,18). The van der Waals surface area contributed by atoms with E-state index < -0.39 is 16.6 Å². The summed E-state index contributed by atoms with van der Waals surface area (Å²) in [4.78, 5) is 12.0. The van der Waals surface area contributed by atoms with Gasteiger partial charge in [-0.2, -0.15) is 0 Å². The Morgan fingerprint density at radius 2 is 1.85 bits per heavy atom. The molecule has 1 aromatic rings. The summed E-state index contributed by atoms with van der Waals surface area (Å²) in [5.41, 5.74) is 0. The van der Waals surface area contributed by atoms with Gasteiger partial charge >= 0.3 is 0 Å². The molecule has 1 aromatic carbocycles. The number of benzene rings is 1. The largest absolute Gasteiger partial charge is 0.353 e. The van der Waals surface area contributed by atoms with E-state index in [4.69, 9.17) is 0 Å². The van der Waals surface area contributed by atoms with Crippen molar-refractivity contribution in [2.24, 2.45) is 0 Å². The van der Waals surface area contributed by atoms with Gasteiger partial charge in [0.05, 0.1) is 15.7 Å². The Kier molecular flexibility index (Phi) is 5.71. The van der Waals surface area contributed by atoms with Crippen LogP contribution in [0.3, 0.4) is 0 Å². The van der Waals surface area contributed by atoms with Crippen LogP contribution in [-0.4, -0.2) is 21.9 Å². The maximum atomic E-state index is 13.5. The topological polar surface area (TPSA) is 46.2 Å². The van der Waals surface area contributed by atoms with E-state index in [0.717, 1.165) is 25.7 Å². The molecule has 0 saturated heterocycles. The Bertz CT molecular complexity index is 485. The van der Waals surface area contributed by atoms with Crippen molar-refractivity contribution < 1.29 is 13.4 Å².